The lowest BCUT2D eigenvalue weighted by Crippen LogP contribution is -2.51. The third kappa shape index (κ3) is 3.83. The molecule has 0 aromatic heterocycles. The Labute approximate surface area is 125 Å². The molecule has 0 radical (unpaired) electrons. The highest BCUT2D eigenvalue weighted by molar-refractivity contribution is 7.90. The van der Waals surface area contributed by atoms with Gasteiger partial charge >= 0.3 is 0 Å². The highest BCUT2D eigenvalue weighted by Gasteiger charge is 2.37. The molecule has 1 aliphatic rings. The summed E-state index contributed by atoms with van der Waals surface area (Å²) < 4.78 is 23.1. The van der Waals surface area contributed by atoms with Crippen molar-refractivity contribution >= 4 is 21.4 Å². The molecule has 21 heavy (non-hydrogen) atoms. The number of carbonyl (C=O) groups is 1. The van der Waals surface area contributed by atoms with Crippen LogP contribution in [0, 0.1) is 5.92 Å². The van der Waals surface area contributed by atoms with E-state index in [1.807, 2.05) is 6.92 Å². The number of carbonyl (C=O) groups excluding carboxylic acids is 1. The van der Waals surface area contributed by atoms with Crippen molar-refractivity contribution in [3.63, 3.8) is 0 Å². The molecule has 2 atom stereocenters. The molecular weight excluding hydrogens is 288 g/mol. The Morgan fingerprint density at radius 2 is 2.10 bits per heavy atom. The van der Waals surface area contributed by atoms with Crippen LogP contribution in [-0.2, 0) is 14.6 Å². The van der Waals surface area contributed by atoms with Crippen molar-refractivity contribution in [2.45, 2.75) is 43.0 Å². The van der Waals surface area contributed by atoms with Gasteiger partial charge in [-0.3, -0.25) is 4.79 Å². The molecule has 2 unspecified atom stereocenters. The van der Waals surface area contributed by atoms with Crippen molar-refractivity contribution in [3.8, 4) is 0 Å². The molecule has 1 fully saturated rings. The van der Waals surface area contributed by atoms with Gasteiger partial charge in [0.15, 0.2) is 9.84 Å². The Kier molecular flexibility index (Phi) is 4.39. The van der Waals surface area contributed by atoms with E-state index >= 15 is 0 Å². The Morgan fingerprint density at radius 1 is 1.38 bits per heavy atom. The number of rotatable bonds is 3. The second-order valence-electron chi connectivity index (χ2n) is 6.09. The highest BCUT2D eigenvalue weighted by atomic mass is 32.2. The van der Waals surface area contributed by atoms with Crippen molar-refractivity contribution < 1.29 is 13.2 Å². The first-order valence-corrected chi connectivity index (χ1v) is 8.99. The van der Waals surface area contributed by atoms with Gasteiger partial charge in [0.25, 0.3) is 0 Å². The molecule has 1 aromatic carbocycles. The van der Waals surface area contributed by atoms with E-state index in [0.717, 1.165) is 31.9 Å². The summed E-state index contributed by atoms with van der Waals surface area (Å²) in [4.78, 5) is 12.6. The maximum absolute atomic E-state index is 12.4. The minimum Gasteiger partial charge on any atom is -0.326 e. The molecule has 0 saturated heterocycles. The van der Waals surface area contributed by atoms with Gasteiger partial charge in [-0.15, -0.1) is 0 Å². The molecule has 5 nitrogen and oxygen atoms in total. The summed E-state index contributed by atoms with van der Waals surface area (Å²) in [5.41, 5.74) is 6.21. The van der Waals surface area contributed by atoms with Crippen molar-refractivity contribution in [1.82, 2.24) is 0 Å². The molecular formula is C15H22N2O3S. The predicted molar refractivity (Wildman–Crippen MR) is 82.7 cm³/mol. The van der Waals surface area contributed by atoms with Gasteiger partial charge in [0, 0.05) is 17.5 Å². The van der Waals surface area contributed by atoms with Crippen LogP contribution in [0.5, 0.6) is 0 Å². The normalized spacial score (nSPS) is 26.3. The van der Waals surface area contributed by atoms with Gasteiger partial charge in [-0.05, 0) is 38.0 Å². The maximum Gasteiger partial charge on any atom is 0.229 e. The first-order chi connectivity index (χ1) is 9.70. The second kappa shape index (κ2) is 5.77. The number of nitrogens with one attached hydrogen (secondary N) is 1. The van der Waals surface area contributed by atoms with Crippen LogP contribution in [0.4, 0.5) is 5.69 Å². The largest absolute Gasteiger partial charge is 0.326 e. The van der Waals surface area contributed by atoms with Gasteiger partial charge in [-0.25, -0.2) is 8.42 Å². The molecule has 1 amide bonds. The quantitative estimate of drug-likeness (QED) is 0.893. The molecule has 6 heteroatoms. The van der Waals surface area contributed by atoms with E-state index < -0.39 is 15.4 Å². The number of nitrogens with two attached hydrogens (primary N) is 1. The van der Waals surface area contributed by atoms with Gasteiger partial charge in [0.05, 0.1) is 10.8 Å². The third-order valence-electron chi connectivity index (χ3n) is 4.10. The summed E-state index contributed by atoms with van der Waals surface area (Å²) in [5.74, 6) is -0.376. The first-order valence-electron chi connectivity index (χ1n) is 7.10. The Hall–Kier alpha value is -1.40. The number of benzene rings is 1. The first kappa shape index (κ1) is 16.0. The van der Waals surface area contributed by atoms with Gasteiger partial charge in [-0.2, -0.15) is 0 Å². The van der Waals surface area contributed by atoms with Crippen molar-refractivity contribution in [1.29, 1.82) is 0 Å². The van der Waals surface area contributed by atoms with Crippen LogP contribution in [0.2, 0.25) is 0 Å². The van der Waals surface area contributed by atoms with Gasteiger partial charge in [0.1, 0.15) is 0 Å². The summed E-state index contributed by atoms with van der Waals surface area (Å²) in [6, 6.07) is 6.29. The van der Waals surface area contributed by atoms with E-state index in [4.69, 9.17) is 5.73 Å². The van der Waals surface area contributed by atoms with Crippen molar-refractivity contribution in [3.05, 3.63) is 24.3 Å². The highest BCUT2D eigenvalue weighted by Crippen LogP contribution is 2.32. The summed E-state index contributed by atoms with van der Waals surface area (Å²) >= 11 is 0. The van der Waals surface area contributed by atoms with Gasteiger partial charge in [0.2, 0.25) is 5.91 Å². The molecule has 0 aliphatic heterocycles. The lowest BCUT2D eigenvalue weighted by molar-refractivity contribution is -0.122. The molecule has 0 bridgehead atoms. The van der Waals surface area contributed by atoms with Crippen LogP contribution < -0.4 is 11.1 Å². The molecule has 116 valence electrons. The van der Waals surface area contributed by atoms with E-state index in [9.17, 15) is 13.2 Å². The molecule has 1 aliphatic carbocycles. The SMILES string of the molecule is CC1(N)CCCCC1C(=O)Nc1cccc(S(C)(=O)=O)c1. The smallest absolute Gasteiger partial charge is 0.229 e. The lowest BCUT2D eigenvalue weighted by Gasteiger charge is -2.37. The van der Waals surface area contributed by atoms with Crippen LogP contribution in [0.15, 0.2) is 29.2 Å². The van der Waals surface area contributed by atoms with E-state index in [1.165, 1.54) is 12.1 Å². The maximum atomic E-state index is 12.4. The Bertz CT molecular complexity index is 638. The molecule has 1 saturated carbocycles. The van der Waals surface area contributed by atoms with E-state index in [2.05, 4.69) is 5.32 Å². The second-order valence-corrected chi connectivity index (χ2v) is 8.11. The number of amides is 1. The minimum absolute atomic E-state index is 0.134. The molecule has 0 spiro atoms. The molecule has 2 rings (SSSR count). The average molecular weight is 310 g/mol. The zero-order valence-electron chi connectivity index (χ0n) is 12.4. The van der Waals surface area contributed by atoms with Gasteiger partial charge < -0.3 is 11.1 Å². The van der Waals surface area contributed by atoms with Crippen molar-refractivity contribution in [2.75, 3.05) is 11.6 Å². The monoisotopic (exact) mass is 310 g/mol. The summed E-state index contributed by atoms with van der Waals surface area (Å²) in [5, 5.41) is 2.80. The number of hydrogen-bond donors (Lipinski definition) is 2. The standard InChI is InChI=1S/C15H22N2O3S/c1-15(16)9-4-3-8-13(15)14(18)17-11-6-5-7-12(10-11)21(2,19)20/h5-7,10,13H,3-4,8-9,16H2,1-2H3,(H,17,18). The van der Waals surface area contributed by atoms with E-state index in [1.54, 1.807) is 12.1 Å². The summed E-state index contributed by atoms with van der Waals surface area (Å²) in [6.45, 7) is 1.91. The number of anilines is 1. The average Bonchev–Trinajstić information content (AvgIpc) is 2.37. The Morgan fingerprint density at radius 3 is 2.71 bits per heavy atom. The van der Waals surface area contributed by atoms with Crippen LogP contribution in [0.3, 0.4) is 0 Å². The summed E-state index contributed by atoms with van der Waals surface area (Å²) in [6.07, 6.45) is 4.78. The van der Waals surface area contributed by atoms with Crippen LogP contribution in [0.1, 0.15) is 32.6 Å². The Balaban J connectivity index is 2.16. The topological polar surface area (TPSA) is 89.3 Å². The molecule has 0 heterocycles. The minimum atomic E-state index is -3.28. The van der Waals surface area contributed by atoms with Gasteiger partial charge in [-0.1, -0.05) is 18.9 Å². The zero-order chi connectivity index (χ0) is 15.7. The third-order valence-corrected chi connectivity index (χ3v) is 5.21. The fourth-order valence-electron chi connectivity index (χ4n) is 2.82. The lowest BCUT2D eigenvalue weighted by atomic mass is 9.74. The number of sulfone groups is 1. The number of hydrogen-bond acceptors (Lipinski definition) is 4. The van der Waals surface area contributed by atoms with Crippen molar-refractivity contribution in [2.24, 2.45) is 11.7 Å². The molecule has 1 aromatic rings. The molecule has 3 N–H and O–H groups in total. The van der Waals surface area contributed by atoms with E-state index in [0.29, 0.717) is 5.69 Å². The van der Waals surface area contributed by atoms with Crippen LogP contribution >= 0.6 is 0 Å². The summed E-state index contributed by atoms with van der Waals surface area (Å²) in [7, 11) is -3.28. The predicted octanol–water partition coefficient (Wildman–Crippen LogP) is 1.94. The fraction of sp³-hybridized carbons (Fsp3) is 0.533. The van der Waals surface area contributed by atoms with E-state index in [-0.39, 0.29) is 16.7 Å². The van der Waals surface area contributed by atoms with Crippen LogP contribution in [0.25, 0.3) is 0 Å². The fourth-order valence-corrected chi connectivity index (χ4v) is 3.49. The zero-order valence-corrected chi connectivity index (χ0v) is 13.2. The van der Waals surface area contributed by atoms with Crippen LogP contribution in [-0.4, -0.2) is 26.1 Å².